The van der Waals surface area contributed by atoms with Gasteiger partial charge in [0, 0.05) is 10.5 Å². The Balaban J connectivity index is 0. The third-order valence-corrected chi connectivity index (χ3v) is 3.45. The van der Waals surface area contributed by atoms with E-state index >= 15 is 0 Å². The van der Waals surface area contributed by atoms with Crippen molar-refractivity contribution in [2.45, 2.75) is 39.7 Å². The fourth-order valence-corrected chi connectivity index (χ4v) is 2.29. The maximum absolute atomic E-state index is 8.00. The maximum atomic E-state index is 8.00. The third-order valence-electron chi connectivity index (χ3n) is 2.92. The molecule has 0 fully saturated rings. The van der Waals surface area contributed by atoms with E-state index in [4.69, 9.17) is 9.59 Å². The number of hydrogen-bond donors (Lipinski definition) is 0. The van der Waals surface area contributed by atoms with E-state index < -0.39 is 0 Å². The first-order valence-electron chi connectivity index (χ1n) is 6.76. The molecular formula is C16H26BrNO2. The topological polar surface area (TPSA) is 37.4 Å². The van der Waals surface area contributed by atoms with Crippen LogP contribution >= 0.6 is 15.9 Å². The van der Waals surface area contributed by atoms with Gasteiger partial charge in [-0.2, -0.15) is 0 Å². The largest absolute Gasteiger partial charge is 0.307 e. The third kappa shape index (κ3) is 8.23. The van der Waals surface area contributed by atoms with E-state index in [-0.39, 0.29) is 0 Å². The summed E-state index contributed by atoms with van der Waals surface area (Å²) in [7, 11) is 0. The van der Waals surface area contributed by atoms with Crippen LogP contribution in [0.15, 0.2) is 28.7 Å². The zero-order valence-electron chi connectivity index (χ0n) is 12.8. The Bertz CT molecular complexity index is 322. The van der Waals surface area contributed by atoms with E-state index in [9.17, 15) is 0 Å². The molecule has 0 saturated heterocycles. The predicted molar refractivity (Wildman–Crippen MR) is 89.0 cm³/mol. The average molecular weight is 344 g/mol. The van der Waals surface area contributed by atoms with Crippen molar-refractivity contribution in [3.8, 4) is 0 Å². The van der Waals surface area contributed by atoms with Crippen molar-refractivity contribution < 1.29 is 9.59 Å². The molecule has 0 amide bonds. The van der Waals surface area contributed by atoms with Gasteiger partial charge < -0.3 is 9.59 Å². The van der Waals surface area contributed by atoms with Gasteiger partial charge in [0.05, 0.1) is 0 Å². The molecule has 0 bridgehead atoms. The van der Waals surface area contributed by atoms with Crippen molar-refractivity contribution in [2.24, 2.45) is 0 Å². The van der Waals surface area contributed by atoms with Gasteiger partial charge >= 0.3 is 0 Å². The Labute approximate surface area is 131 Å². The standard InChI is InChI=1S/C14H22BrN.2CH2O/c1-4-10-16(11-5-2)12(3)13-6-8-14(15)9-7-13;2*1-2/h6-9,12H,4-5,10-11H2,1-3H3;2*1H2/t12-;;/m0../s1. The molecule has 0 N–H and O–H groups in total. The minimum Gasteiger partial charge on any atom is -0.307 e. The summed E-state index contributed by atoms with van der Waals surface area (Å²) in [4.78, 5) is 18.6. The average Bonchev–Trinajstić information content (AvgIpc) is 2.51. The van der Waals surface area contributed by atoms with Gasteiger partial charge in [0.1, 0.15) is 13.6 Å². The van der Waals surface area contributed by atoms with E-state index in [0.717, 1.165) is 4.47 Å². The second kappa shape index (κ2) is 14.4. The minimum atomic E-state index is 0.521. The Morgan fingerprint density at radius 2 is 1.40 bits per heavy atom. The predicted octanol–water partition coefficient (Wildman–Crippen LogP) is 4.26. The van der Waals surface area contributed by atoms with Crippen LogP contribution in [0.4, 0.5) is 0 Å². The van der Waals surface area contributed by atoms with Gasteiger partial charge in [-0.1, -0.05) is 41.9 Å². The second-order valence-electron chi connectivity index (χ2n) is 4.26. The van der Waals surface area contributed by atoms with Crippen LogP contribution in [0.5, 0.6) is 0 Å². The molecule has 1 aromatic rings. The van der Waals surface area contributed by atoms with Gasteiger partial charge in [-0.15, -0.1) is 0 Å². The Kier molecular flexibility index (Phi) is 15.3. The summed E-state index contributed by atoms with van der Waals surface area (Å²) in [5.41, 5.74) is 1.41. The van der Waals surface area contributed by atoms with Crippen molar-refractivity contribution in [2.75, 3.05) is 13.1 Å². The summed E-state index contributed by atoms with van der Waals surface area (Å²) in [6.07, 6.45) is 2.45. The van der Waals surface area contributed by atoms with Crippen LogP contribution in [-0.4, -0.2) is 31.6 Å². The maximum Gasteiger partial charge on any atom is 0.106 e. The van der Waals surface area contributed by atoms with Crippen LogP contribution in [0.2, 0.25) is 0 Å². The van der Waals surface area contributed by atoms with E-state index in [0.29, 0.717) is 6.04 Å². The molecule has 20 heavy (non-hydrogen) atoms. The second-order valence-corrected chi connectivity index (χ2v) is 5.18. The molecule has 0 aliphatic carbocycles. The zero-order valence-corrected chi connectivity index (χ0v) is 14.4. The van der Waals surface area contributed by atoms with Crippen LogP contribution in [0.1, 0.15) is 45.2 Å². The highest BCUT2D eigenvalue weighted by atomic mass is 79.9. The highest BCUT2D eigenvalue weighted by Gasteiger charge is 2.13. The van der Waals surface area contributed by atoms with Gasteiger partial charge in [-0.05, 0) is 50.6 Å². The van der Waals surface area contributed by atoms with E-state index in [1.165, 1.54) is 31.5 Å². The number of carbonyl (C=O) groups excluding carboxylic acids is 2. The highest BCUT2D eigenvalue weighted by Crippen LogP contribution is 2.22. The molecule has 1 rings (SSSR count). The van der Waals surface area contributed by atoms with E-state index in [1.807, 2.05) is 13.6 Å². The smallest absolute Gasteiger partial charge is 0.106 e. The van der Waals surface area contributed by atoms with Gasteiger partial charge in [-0.3, -0.25) is 4.90 Å². The van der Waals surface area contributed by atoms with Gasteiger partial charge in [-0.25, -0.2) is 0 Å². The van der Waals surface area contributed by atoms with Gasteiger partial charge in [0.25, 0.3) is 0 Å². The molecule has 0 radical (unpaired) electrons. The molecule has 0 heterocycles. The lowest BCUT2D eigenvalue weighted by Gasteiger charge is -2.28. The zero-order chi connectivity index (χ0) is 16.0. The molecule has 1 aromatic carbocycles. The molecule has 3 nitrogen and oxygen atoms in total. The lowest BCUT2D eigenvalue weighted by atomic mass is 10.1. The summed E-state index contributed by atoms with van der Waals surface area (Å²) in [5, 5.41) is 0. The minimum absolute atomic E-state index is 0.521. The van der Waals surface area contributed by atoms with Crippen LogP contribution in [0, 0.1) is 0 Å². The number of nitrogens with zero attached hydrogens (tertiary/aromatic N) is 1. The van der Waals surface area contributed by atoms with Crippen LogP contribution < -0.4 is 0 Å². The number of benzene rings is 1. The summed E-state index contributed by atoms with van der Waals surface area (Å²) >= 11 is 3.48. The summed E-state index contributed by atoms with van der Waals surface area (Å²) < 4.78 is 1.15. The van der Waals surface area contributed by atoms with Gasteiger partial charge in [0.15, 0.2) is 0 Å². The molecule has 0 aliphatic heterocycles. The Morgan fingerprint density at radius 1 is 1.00 bits per heavy atom. The molecule has 0 spiro atoms. The van der Waals surface area contributed by atoms with E-state index in [2.05, 4.69) is 65.9 Å². The lowest BCUT2D eigenvalue weighted by Crippen LogP contribution is -2.28. The first kappa shape index (κ1) is 21.3. The fraction of sp³-hybridized carbons (Fsp3) is 0.500. The molecule has 0 unspecified atom stereocenters. The van der Waals surface area contributed by atoms with Crippen LogP contribution in [-0.2, 0) is 9.59 Å². The molecular weight excluding hydrogens is 318 g/mol. The summed E-state index contributed by atoms with van der Waals surface area (Å²) in [5.74, 6) is 0. The number of hydrogen-bond acceptors (Lipinski definition) is 3. The molecule has 0 aromatic heterocycles. The molecule has 1 atom stereocenters. The summed E-state index contributed by atoms with van der Waals surface area (Å²) in [6, 6.07) is 9.21. The van der Waals surface area contributed by atoms with Crippen molar-refractivity contribution in [1.29, 1.82) is 0 Å². The molecule has 114 valence electrons. The molecule has 0 aliphatic rings. The SMILES string of the molecule is C=O.C=O.CCCN(CCC)[C@@H](C)c1ccc(Br)cc1. The molecule has 4 heteroatoms. The van der Waals surface area contributed by atoms with Crippen molar-refractivity contribution in [3.63, 3.8) is 0 Å². The fourth-order valence-electron chi connectivity index (χ4n) is 2.03. The van der Waals surface area contributed by atoms with Crippen molar-refractivity contribution in [3.05, 3.63) is 34.3 Å². The van der Waals surface area contributed by atoms with Crippen LogP contribution in [0.3, 0.4) is 0 Å². The number of halogens is 1. The first-order chi connectivity index (χ1) is 9.69. The number of carbonyl (C=O) groups is 2. The lowest BCUT2D eigenvalue weighted by molar-refractivity contribution is -0.0987. The van der Waals surface area contributed by atoms with Crippen molar-refractivity contribution in [1.82, 2.24) is 4.90 Å². The Morgan fingerprint density at radius 3 is 1.75 bits per heavy atom. The van der Waals surface area contributed by atoms with Crippen LogP contribution in [0.25, 0.3) is 0 Å². The highest BCUT2D eigenvalue weighted by molar-refractivity contribution is 9.10. The van der Waals surface area contributed by atoms with Crippen molar-refractivity contribution >= 4 is 29.5 Å². The molecule has 0 saturated carbocycles. The summed E-state index contributed by atoms with van der Waals surface area (Å²) in [6.45, 7) is 13.2. The quantitative estimate of drug-likeness (QED) is 0.774. The van der Waals surface area contributed by atoms with E-state index in [1.54, 1.807) is 0 Å². The first-order valence-corrected chi connectivity index (χ1v) is 7.55. The Hall–Kier alpha value is -1.00. The monoisotopic (exact) mass is 343 g/mol. The number of rotatable bonds is 6. The van der Waals surface area contributed by atoms with Gasteiger partial charge in [0.2, 0.25) is 0 Å². The normalized spacial score (nSPS) is 10.8.